The zero-order chi connectivity index (χ0) is 14.1. The van der Waals surface area contributed by atoms with E-state index in [1.807, 2.05) is 0 Å². The maximum absolute atomic E-state index is 10.8. The molecule has 1 aliphatic rings. The van der Waals surface area contributed by atoms with Crippen LogP contribution in [0.1, 0.15) is 64.5 Å². The number of aliphatic hydroxyl groups is 1. The maximum atomic E-state index is 10.8. The van der Waals surface area contributed by atoms with Crippen LogP contribution in [0.5, 0.6) is 0 Å². The lowest BCUT2D eigenvalue weighted by molar-refractivity contribution is -0.0405. The van der Waals surface area contributed by atoms with Gasteiger partial charge in [-0.25, -0.2) is 0 Å². The predicted molar refractivity (Wildman–Crippen MR) is 81.4 cm³/mol. The molecule has 0 spiro atoms. The summed E-state index contributed by atoms with van der Waals surface area (Å²) in [5, 5.41) is 10.8. The molecule has 1 nitrogen and oxygen atoms in total. The van der Waals surface area contributed by atoms with Gasteiger partial charge in [-0.05, 0) is 35.3 Å². The van der Waals surface area contributed by atoms with Crippen molar-refractivity contribution < 1.29 is 5.11 Å². The van der Waals surface area contributed by atoms with Gasteiger partial charge in [-0.1, -0.05) is 64.8 Å². The van der Waals surface area contributed by atoms with Crippen molar-refractivity contribution >= 4 is 0 Å². The maximum Gasteiger partial charge on any atom is 0.0713 e. The van der Waals surface area contributed by atoms with E-state index < -0.39 is 5.60 Å². The van der Waals surface area contributed by atoms with Crippen molar-refractivity contribution in [2.45, 2.75) is 70.8 Å². The van der Waals surface area contributed by atoms with Gasteiger partial charge in [0.25, 0.3) is 0 Å². The Morgan fingerprint density at radius 1 is 1.16 bits per heavy atom. The average Bonchev–Trinajstić information content (AvgIpc) is 2.33. The van der Waals surface area contributed by atoms with Crippen LogP contribution in [-0.2, 0) is 11.8 Å². The summed E-state index contributed by atoms with van der Waals surface area (Å²) >= 11 is 0. The third-order valence-corrected chi connectivity index (χ3v) is 4.74. The summed E-state index contributed by atoms with van der Waals surface area (Å²) in [7, 11) is 0. The van der Waals surface area contributed by atoms with E-state index in [4.69, 9.17) is 0 Å². The second kappa shape index (κ2) is 5.28. The molecular weight excluding hydrogens is 232 g/mol. The van der Waals surface area contributed by atoms with Crippen molar-refractivity contribution in [2.75, 3.05) is 0 Å². The third kappa shape index (κ3) is 3.39. The monoisotopic (exact) mass is 260 g/mol. The van der Waals surface area contributed by atoms with Crippen LogP contribution in [0.2, 0.25) is 0 Å². The first-order valence-corrected chi connectivity index (χ1v) is 7.63. The lowest BCUT2D eigenvalue weighted by Crippen LogP contribution is -2.41. The molecule has 1 heteroatoms. The summed E-state index contributed by atoms with van der Waals surface area (Å²) in [5.41, 5.74) is 2.35. The molecule has 2 unspecified atom stereocenters. The Labute approximate surface area is 118 Å². The van der Waals surface area contributed by atoms with Crippen molar-refractivity contribution in [3.63, 3.8) is 0 Å². The highest BCUT2D eigenvalue weighted by molar-refractivity contribution is 5.28. The Kier molecular flexibility index (Phi) is 4.06. The fraction of sp³-hybridized carbons (Fsp3) is 0.667. The minimum absolute atomic E-state index is 0.202. The van der Waals surface area contributed by atoms with Crippen molar-refractivity contribution in [3.05, 3.63) is 35.4 Å². The molecule has 106 valence electrons. The molecule has 0 heterocycles. The molecule has 2 atom stereocenters. The third-order valence-electron chi connectivity index (χ3n) is 4.74. The van der Waals surface area contributed by atoms with Gasteiger partial charge in [-0.2, -0.15) is 0 Å². The van der Waals surface area contributed by atoms with Crippen LogP contribution in [0, 0.1) is 5.92 Å². The Morgan fingerprint density at radius 2 is 1.79 bits per heavy atom. The van der Waals surface area contributed by atoms with E-state index in [-0.39, 0.29) is 5.41 Å². The first kappa shape index (κ1) is 14.6. The molecule has 0 bridgehead atoms. The Balaban J connectivity index is 2.11. The molecule has 1 N–H and O–H groups in total. The zero-order valence-electron chi connectivity index (χ0n) is 12.9. The predicted octanol–water partition coefficient (Wildman–Crippen LogP) is 4.47. The van der Waals surface area contributed by atoms with Crippen LogP contribution >= 0.6 is 0 Å². The summed E-state index contributed by atoms with van der Waals surface area (Å²) in [5.74, 6) is 0.420. The van der Waals surface area contributed by atoms with Crippen LogP contribution in [0.4, 0.5) is 0 Å². The van der Waals surface area contributed by atoms with Gasteiger partial charge in [0.05, 0.1) is 5.60 Å². The topological polar surface area (TPSA) is 20.2 Å². The van der Waals surface area contributed by atoms with Gasteiger partial charge in [0, 0.05) is 6.42 Å². The lowest BCUT2D eigenvalue weighted by atomic mass is 9.73. The molecule has 1 fully saturated rings. The van der Waals surface area contributed by atoms with E-state index in [2.05, 4.69) is 52.0 Å². The van der Waals surface area contributed by atoms with Crippen LogP contribution in [0.15, 0.2) is 24.3 Å². The lowest BCUT2D eigenvalue weighted by Gasteiger charge is -2.38. The molecular formula is C18H28O. The average molecular weight is 260 g/mol. The fourth-order valence-corrected chi connectivity index (χ4v) is 3.14. The smallest absolute Gasteiger partial charge is 0.0713 e. The first-order chi connectivity index (χ1) is 8.81. The summed E-state index contributed by atoms with van der Waals surface area (Å²) in [6, 6.07) is 8.82. The Hall–Kier alpha value is -0.820. The molecule has 1 aliphatic carbocycles. The van der Waals surface area contributed by atoms with E-state index >= 15 is 0 Å². The summed E-state index contributed by atoms with van der Waals surface area (Å²) in [6.07, 6.45) is 5.36. The molecule has 0 aliphatic heterocycles. The second-order valence-corrected chi connectivity index (χ2v) is 7.37. The van der Waals surface area contributed by atoms with Gasteiger partial charge in [-0.15, -0.1) is 0 Å². The van der Waals surface area contributed by atoms with Gasteiger partial charge in [-0.3, -0.25) is 0 Å². The molecule has 0 aromatic heterocycles. The molecule has 19 heavy (non-hydrogen) atoms. The highest BCUT2D eigenvalue weighted by atomic mass is 16.3. The van der Waals surface area contributed by atoms with Crippen molar-refractivity contribution in [3.8, 4) is 0 Å². The van der Waals surface area contributed by atoms with Crippen LogP contribution in [-0.4, -0.2) is 10.7 Å². The van der Waals surface area contributed by atoms with E-state index in [1.54, 1.807) is 0 Å². The van der Waals surface area contributed by atoms with Crippen LogP contribution < -0.4 is 0 Å². The second-order valence-electron chi connectivity index (χ2n) is 7.37. The van der Waals surface area contributed by atoms with Gasteiger partial charge in [0.1, 0.15) is 0 Å². The first-order valence-electron chi connectivity index (χ1n) is 7.63. The van der Waals surface area contributed by atoms with Gasteiger partial charge < -0.3 is 5.11 Å². The van der Waals surface area contributed by atoms with Gasteiger partial charge in [0.2, 0.25) is 0 Å². The fourth-order valence-electron chi connectivity index (χ4n) is 3.14. The molecule has 0 amide bonds. The molecule has 1 aromatic carbocycles. The number of hydrogen-bond acceptors (Lipinski definition) is 1. The number of benzene rings is 1. The Bertz CT molecular complexity index is 412. The van der Waals surface area contributed by atoms with Crippen molar-refractivity contribution in [1.82, 2.24) is 0 Å². The summed E-state index contributed by atoms with van der Waals surface area (Å²) in [6.45, 7) is 8.90. The molecule has 0 radical (unpaired) electrons. The zero-order valence-corrected chi connectivity index (χ0v) is 12.9. The normalized spacial score (nSPS) is 28.4. The molecule has 1 saturated carbocycles. The van der Waals surface area contributed by atoms with Gasteiger partial charge >= 0.3 is 0 Å². The van der Waals surface area contributed by atoms with E-state index in [0.29, 0.717) is 5.92 Å². The van der Waals surface area contributed by atoms with Crippen molar-refractivity contribution in [1.29, 1.82) is 0 Å². The summed E-state index contributed by atoms with van der Waals surface area (Å²) < 4.78 is 0. The Morgan fingerprint density at radius 3 is 2.32 bits per heavy atom. The molecule has 2 rings (SSSR count). The van der Waals surface area contributed by atoms with Crippen LogP contribution in [0.3, 0.4) is 0 Å². The molecule has 1 aromatic rings. The quantitative estimate of drug-likeness (QED) is 0.832. The molecule has 0 saturated heterocycles. The highest BCUT2D eigenvalue weighted by Crippen LogP contribution is 2.36. The summed E-state index contributed by atoms with van der Waals surface area (Å²) in [4.78, 5) is 0. The highest BCUT2D eigenvalue weighted by Gasteiger charge is 2.35. The standard InChI is InChI=1S/C18H28O/c1-14-7-5-6-12-18(14,19)13-15-8-10-16(11-9-15)17(2,3)4/h8-11,14,19H,5-7,12-13H2,1-4H3. The largest absolute Gasteiger partial charge is 0.389 e. The van der Waals surface area contributed by atoms with E-state index in [9.17, 15) is 5.11 Å². The minimum Gasteiger partial charge on any atom is -0.389 e. The van der Waals surface area contributed by atoms with E-state index in [1.165, 1.54) is 24.0 Å². The van der Waals surface area contributed by atoms with Crippen LogP contribution in [0.25, 0.3) is 0 Å². The van der Waals surface area contributed by atoms with Crippen molar-refractivity contribution in [2.24, 2.45) is 5.92 Å². The van der Waals surface area contributed by atoms with Gasteiger partial charge in [0.15, 0.2) is 0 Å². The minimum atomic E-state index is -0.485. The number of hydrogen-bond donors (Lipinski definition) is 1. The SMILES string of the molecule is CC1CCCCC1(O)Cc1ccc(C(C)(C)C)cc1. The van der Waals surface area contributed by atoms with E-state index in [0.717, 1.165) is 19.3 Å². The number of rotatable bonds is 2.